The molecule has 1 amide bonds. The van der Waals surface area contributed by atoms with Crippen molar-refractivity contribution in [3.8, 4) is 0 Å². The minimum Gasteiger partial charge on any atom is -0.318 e. The molecular weight excluding hydrogens is 325 g/mol. The molecule has 0 saturated heterocycles. The van der Waals surface area contributed by atoms with Crippen LogP contribution in [-0.2, 0) is 0 Å². The molecule has 0 spiro atoms. The van der Waals surface area contributed by atoms with E-state index in [1.165, 1.54) is 12.3 Å². The first-order valence-electron chi connectivity index (χ1n) is 5.50. The number of hydrogen-bond donors (Lipinski definition) is 3. The number of nitrogens with one attached hydrogen (secondary N) is 2. The number of rotatable bonds is 3. The fourth-order valence-electron chi connectivity index (χ4n) is 1.52. The van der Waals surface area contributed by atoms with Gasteiger partial charge >= 0.3 is 0 Å². The SMILES string of the molecule is NNc1ncc(C(=O)Nc2c(F)cc(F)cc2Cl)cc1Cl. The van der Waals surface area contributed by atoms with Gasteiger partial charge in [0.25, 0.3) is 5.91 Å². The first-order valence-corrected chi connectivity index (χ1v) is 6.26. The quantitative estimate of drug-likeness (QED) is 0.595. The predicted molar refractivity (Wildman–Crippen MR) is 76.4 cm³/mol. The van der Waals surface area contributed by atoms with E-state index in [2.05, 4.69) is 15.7 Å². The number of amides is 1. The van der Waals surface area contributed by atoms with Gasteiger partial charge in [0.2, 0.25) is 0 Å². The summed E-state index contributed by atoms with van der Waals surface area (Å²) in [7, 11) is 0. The fourth-order valence-corrected chi connectivity index (χ4v) is 1.98. The van der Waals surface area contributed by atoms with Crippen molar-refractivity contribution in [2.45, 2.75) is 0 Å². The number of anilines is 2. The Morgan fingerprint density at radius 1 is 1.19 bits per heavy atom. The minimum absolute atomic E-state index is 0.0544. The lowest BCUT2D eigenvalue weighted by Crippen LogP contribution is -2.15. The number of hydrogen-bond acceptors (Lipinski definition) is 4. The average Bonchev–Trinajstić information content (AvgIpc) is 2.42. The van der Waals surface area contributed by atoms with E-state index < -0.39 is 17.5 Å². The van der Waals surface area contributed by atoms with Crippen molar-refractivity contribution >= 4 is 40.6 Å². The molecule has 0 atom stereocenters. The molecular formula is C12H8Cl2F2N4O. The number of carbonyl (C=O) groups excluding carboxylic acids is 1. The van der Waals surface area contributed by atoms with Gasteiger partial charge in [-0.1, -0.05) is 23.2 Å². The smallest absolute Gasteiger partial charge is 0.257 e. The van der Waals surface area contributed by atoms with Crippen molar-refractivity contribution in [3.05, 3.63) is 51.6 Å². The second kappa shape index (κ2) is 6.21. The Hall–Kier alpha value is -1.96. The van der Waals surface area contributed by atoms with Gasteiger partial charge in [-0.3, -0.25) is 4.79 Å². The van der Waals surface area contributed by atoms with Crippen LogP contribution in [0.4, 0.5) is 20.3 Å². The second-order valence-electron chi connectivity index (χ2n) is 3.90. The lowest BCUT2D eigenvalue weighted by atomic mass is 10.2. The van der Waals surface area contributed by atoms with Gasteiger partial charge in [0.05, 0.1) is 21.3 Å². The third-order valence-electron chi connectivity index (χ3n) is 2.49. The highest BCUT2D eigenvalue weighted by Gasteiger charge is 2.15. The third kappa shape index (κ3) is 3.38. The van der Waals surface area contributed by atoms with Crippen LogP contribution in [0.3, 0.4) is 0 Å². The van der Waals surface area contributed by atoms with E-state index in [1.54, 1.807) is 0 Å². The molecule has 9 heteroatoms. The summed E-state index contributed by atoms with van der Waals surface area (Å²) in [6.45, 7) is 0. The van der Waals surface area contributed by atoms with Gasteiger partial charge in [0.1, 0.15) is 5.82 Å². The van der Waals surface area contributed by atoms with Gasteiger partial charge in [0, 0.05) is 12.3 Å². The summed E-state index contributed by atoms with van der Waals surface area (Å²) in [5.41, 5.74) is 1.96. The Bertz CT molecular complexity index is 689. The molecule has 0 aliphatic carbocycles. The topological polar surface area (TPSA) is 80.0 Å². The molecule has 21 heavy (non-hydrogen) atoms. The highest BCUT2D eigenvalue weighted by atomic mass is 35.5. The molecule has 0 aliphatic heterocycles. The number of carbonyl (C=O) groups is 1. The van der Waals surface area contributed by atoms with Crippen LogP contribution in [-0.4, -0.2) is 10.9 Å². The van der Waals surface area contributed by atoms with E-state index in [-0.39, 0.29) is 27.1 Å². The van der Waals surface area contributed by atoms with Crippen molar-refractivity contribution < 1.29 is 13.6 Å². The third-order valence-corrected chi connectivity index (χ3v) is 3.07. The average molecular weight is 333 g/mol. The van der Waals surface area contributed by atoms with Crippen molar-refractivity contribution in [3.63, 3.8) is 0 Å². The van der Waals surface area contributed by atoms with E-state index in [0.717, 1.165) is 6.07 Å². The van der Waals surface area contributed by atoms with Crippen molar-refractivity contribution in [2.24, 2.45) is 5.84 Å². The standard InChI is InChI=1S/C12H8Cl2F2N4O/c13-7-2-6(15)3-9(16)10(7)19-12(21)5-1-8(14)11(20-17)18-4-5/h1-4H,17H2,(H,18,20)(H,19,21). The van der Waals surface area contributed by atoms with Gasteiger partial charge in [-0.05, 0) is 12.1 Å². The Morgan fingerprint density at radius 2 is 1.90 bits per heavy atom. The molecule has 1 heterocycles. The van der Waals surface area contributed by atoms with Crippen molar-refractivity contribution in [2.75, 3.05) is 10.7 Å². The molecule has 110 valence electrons. The highest BCUT2D eigenvalue weighted by molar-refractivity contribution is 6.34. The Kier molecular flexibility index (Phi) is 4.56. The largest absolute Gasteiger partial charge is 0.318 e. The van der Waals surface area contributed by atoms with Crippen molar-refractivity contribution in [1.82, 2.24) is 4.98 Å². The zero-order valence-electron chi connectivity index (χ0n) is 10.3. The summed E-state index contributed by atoms with van der Waals surface area (Å²) >= 11 is 11.5. The van der Waals surface area contributed by atoms with E-state index in [4.69, 9.17) is 29.0 Å². The molecule has 2 rings (SSSR count). The maximum Gasteiger partial charge on any atom is 0.257 e. The number of halogens is 4. The summed E-state index contributed by atoms with van der Waals surface area (Å²) in [6, 6.07) is 2.77. The number of hydrazine groups is 1. The van der Waals surface area contributed by atoms with E-state index in [0.29, 0.717) is 6.07 Å². The fraction of sp³-hybridized carbons (Fsp3) is 0. The van der Waals surface area contributed by atoms with Crippen LogP contribution < -0.4 is 16.6 Å². The molecule has 1 aromatic carbocycles. The zero-order valence-corrected chi connectivity index (χ0v) is 11.8. The van der Waals surface area contributed by atoms with E-state index in [9.17, 15) is 13.6 Å². The van der Waals surface area contributed by atoms with Crippen LogP contribution in [0.15, 0.2) is 24.4 Å². The number of nitrogens with two attached hydrogens (primary N) is 1. The molecule has 1 aromatic heterocycles. The van der Waals surface area contributed by atoms with E-state index >= 15 is 0 Å². The van der Waals surface area contributed by atoms with Crippen LogP contribution in [0.5, 0.6) is 0 Å². The Labute approximate surface area is 128 Å². The molecule has 0 unspecified atom stereocenters. The zero-order chi connectivity index (χ0) is 15.6. The monoisotopic (exact) mass is 332 g/mol. The number of aromatic nitrogens is 1. The molecule has 0 aliphatic rings. The van der Waals surface area contributed by atoms with Gasteiger partial charge in [-0.15, -0.1) is 0 Å². The molecule has 2 aromatic rings. The number of benzene rings is 1. The van der Waals surface area contributed by atoms with Gasteiger partial charge in [-0.25, -0.2) is 19.6 Å². The number of pyridine rings is 1. The predicted octanol–water partition coefficient (Wildman–Crippen LogP) is 3.20. The molecule has 0 bridgehead atoms. The minimum atomic E-state index is -0.993. The van der Waals surface area contributed by atoms with Crippen LogP contribution >= 0.6 is 23.2 Å². The summed E-state index contributed by atoms with van der Waals surface area (Å²) in [6.07, 6.45) is 1.19. The maximum atomic E-state index is 13.6. The molecule has 0 saturated carbocycles. The van der Waals surface area contributed by atoms with E-state index in [1.807, 2.05) is 0 Å². The molecule has 5 nitrogen and oxygen atoms in total. The first-order chi connectivity index (χ1) is 9.92. The number of nitrogens with zero attached hydrogens (tertiary/aromatic N) is 1. The maximum absolute atomic E-state index is 13.6. The molecule has 0 radical (unpaired) electrons. The Balaban J connectivity index is 2.28. The normalized spacial score (nSPS) is 10.3. The van der Waals surface area contributed by atoms with Crippen LogP contribution in [0.25, 0.3) is 0 Å². The lowest BCUT2D eigenvalue weighted by molar-refractivity contribution is 0.102. The van der Waals surface area contributed by atoms with Gasteiger partial charge in [0.15, 0.2) is 11.6 Å². The number of nitrogen functional groups attached to an aromatic ring is 1. The lowest BCUT2D eigenvalue weighted by Gasteiger charge is -2.09. The van der Waals surface area contributed by atoms with Crippen LogP contribution in [0.2, 0.25) is 10.0 Å². The highest BCUT2D eigenvalue weighted by Crippen LogP contribution is 2.27. The summed E-state index contributed by atoms with van der Waals surface area (Å²) in [5, 5.41) is 2.07. The molecule has 4 N–H and O–H groups in total. The van der Waals surface area contributed by atoms with Gasteiger partial charge < -0.3 is 10.7 Å². The van der Waals surface area contributed by atoms with Crippen LogP contribution in [0, 0.1) is 11.6 Å². The van der Waals surface area contributed by atoms with Crippen molar-refractivity contribution in [1.29, 1.82) is 0 Å². The Morgan fingerprint density at radius 3 is 2.48 bits per heavy atom. The van der Waals surface area contributed by atoms with Gasteiger partial charge in [-0.2, -0.15) is 0 Å². The molecule has 0 fully saturated rings. The summed E-state index contributed by atoms with van der Waals surface area (Å²) in [5.74, 6) is 2.78. The summed E-state index contributed by atoms with van der Waals surface area (Å²) < 4.78 is 26.5. The summed E-state index contributed by atoms with van der Waals surface area (Å²) in [4.78, 5) is 15.8. The first kappa shape index (κ1) is 15.4. The second-order valence-corrected chi connectivity index (χ2v) is 4.71. The van der Waals surface area contributed by atoms with Crippen LogP contribution in [0.1, 0.15) is 10.4 Å².